The van der Waals surface area contributed by atoms with Gasteiger partial charge in [0.15, 0.2) is 0 Å². The largest absolute Gasteiger partial charge is 0.478 e. The molecule has 3 aromatic carbocycles. The zero-order valence-electron chi connectivity index (χ0n) is 15.0. The highest BCUT2D eigenvalue weighted by molar-refractivity contribution is 14.1. The lowest BCUT2D eigenvalue weighted by Crippen LogP contribution is -2.19. The smallest absolute Gasteiger partial charge is 0.411 e. The van der Waals surface area contributed by atoms with E-state index in [1.807, 2.05) is 69.4 Å². The maximum atomic E-state index is 12.5. The van der Waals surface area contributed by atoms with Crippen molar-refractivity contribution in [2.24, 2.45) is 0 Å². The molecule has 1 amide bonds. The molecule has 0 aromatic heterocycles. The number of hydrogen-bond donors (Lipinski definition) is 2. The summed E-state index contributed by atoms with van der Waals surface area (Å²) in [7, 11) is 0. The number of carbonyl (C=O) groups excluding carboxylic acids is 1. The maximum absolute atomic E-state index is 12.5. The summed E-state index contributed by atoms with van der Waals surface area (Å²) in [6.07, 6.45) is -0.564. The van der Waals surface area contributed by atoms with Gasteiger partial charge in [0.2, 0.25) is 0 Å². The fraction of sp³-hybridized carbons (Fsp3) is 0.0909. The lowest BCUT2D eigenvalue weighted by atomic mass is 9.98. The summed E-state index contributed by atoms with van der Waals surface area (Å²) >= 11 is 4.01. The van der Waals surface area contributed by atoms with Crippen LogP contribution in [-0.4, -0.2) is 23.8 Å². The van der Waals surface area contributed by atoms with E-state index < -0.39 is 12.1 Å². The van der Waals surface area contributed by atoms with Crippen molar-refractivity contribution in [3.05, 3.63) is 84.5 Å². The van der Waals surface area contributed by atoms with Crippen LogP contribution < -0.4 is 5.32 Å². The normalized spacial score (nSPS) is 12.2. The fourth-order valence-corrected chi connectivity index (χ4v) is 5.59. The monoisotopic (exact) mass is 611 g/mol. The van der Waals surface area contributed by atoms with Gasteiger partial charge in [-0.05, 0) is 79.6 Å². The molecule has 0 bridgehead atoms. The van der Waals surface area contributed by atoms with Crippen molar-refractivity contribution in [2.75, 3.05) is 11.9 Å². The highest BCUT2D eigenvalue weighted by atomic mass is 127. The number of amides is 1. The Morgan fingerprint density at radius 3 is 1.97 bits per heavy atom. The number of nitrogens with one attached hydrogen (secondary N) is 1. The molecule has 0 fully saturated rings. The van der Waals surface area contributed by atoms with Crippen molar-refractivity contribution in [3.8, 4) is 11.1 Å². The molecule has 0 saturated carbocycles. The van der Waals surface area contributed by atoms with Crippen molar-refractivity contribution < 1.29 is 19.4 Å². The molecule has 3 aromatic rings. The number of rotatable bonds is 4. The van der Waals surface area contributed by atoms with Gasteiger partial charge in [0, 0.05) is 13.1 Å². The van der Waals surface area contributed by atoms with E-state index in [1.165, 1.54) is 23.3 Å². The molecule has 0 radical (unpaired) electrons. The van der Waals surface area contributed by atoms with Crippen LogP contribution in [0.5, 0.6) is 0 Å². The zero-order valence-corrected chi connectivity index (χ0v) is 19.3. The average molecular weight is 611 g/mol. The SMILES string of the molecule is O=C(Nc1c(I)cc(C(=O)O)cc1I)OCC1c2ccccc2-c2ccccc21. The Morgan fingerprint density at radius 2 is 1.45 bits per heavy atom. The minimum atomic E-state index is -1.01. The van der Waals surface area contributed by atoms with Gasteiger partial charge in [-0.25, -0.2) is 9.59 Å². The first-order valence-electron chi connectivity index (χ1n) is 8.80. The van der Waals surface area contributed by atoms with Crippen LogP contribution in [0, 0.1) is 7.14 Å². The van der Waals surface area contributed by atoms with Gasteiger partial charge in [-0.1, -0.05) is 48.5 Å². The van der Waals surface area contributed by atoms with Crippen LogP contribution in [0.15, 0.2) is 60.7 Å². The van der Waals surface area contributed by atoms with E-state index in [9.17, 15) is 9.59 Å². The molecule has 7 heteroatoms. The van der Waals surface area contributed by atoms with Gasteiger partial charge in [-0.3, -0.25) is 5.32 Å². The molecule has 0 unspecified atom stereocenters. The van der Waals surface area contributed by atoms with Crippen LogP contribution in [0.2, 0.25) is 0 Å². The minimum Gasteiger partial charge on any atom is -0.478 e. The molecule has 1 aliphatic carbocycles. The number of benzene rings is 3. The molecule has 2 N–H and O–H groups in total. The number of anilines is 1. The molecule has 0 heterocycles. The number of carbonyl (C=O) groups is 2. The molecular weight excluding hydrogens is 596 g/mol. The van der Waals surface area contributed by atoms with Gasteiger partial charge in [0.1, 0.15) is 6.61 Å². The fourth-order valence-electron chi connectivity index (χ4n) is 3.55. The van der Waals surface area contributed by atoms with E-state index in [2.05, 4.69) is 29.6 Å². The summed E-state index contributed by atoms with van der Waals surface area (Å²) in [5, 5.41) is 11.9. The Morgan fingerprint density at radius 1 is 0.931 bits per heavy atom. The molecule has 5 nitrogen and oxygen atoms in total. The van der Waals surface area contributed by atoms with Gasteiger partial charge < -0.3 is 9.84 Å². The Bertz CT molecular complexity index is 1060. The number of fused-ring (bicyclic) bond motifs is 3. The van der Waals surface area contributed by atoms with Crippen molar-refractivity contribution in [3.63, 3.8) is 0 Å². The number of carboxylic acid groups (broad SMARTS) is 1. The van der Waals surface area contributed by atoms with Crippen LogP contribution in [0.1, 0.15) is 27.4 Å². The van der Waals surface area contributed by atoms with E-state index in [1.54, 1.807) is 0 Å². The Hall–Kier alpha value is -2.14. The first-order chi connectivity index (χ1) is 14.0. The van der Waals surface area contributed by atoms with Gasteiger partial charge in [-0.2, -0.15) is 0 Å². The highest BCUT2D eigenvalue weighted by Gasteiger charge is 2.29. The third-order valence-electron chi connectivity index (χ3n) is 4.86. The molecule has 4 rings (SSSR count). The van der Waals surface area contributed by atoms with Crippen molar-refractivity contribution in [1.82, 2.24) is 0 Å². The summed E-state index contributed by atoms with van der Waals surface area (Å²) in [5.74, 6) is -1.02. The number of ether oxygens (including phenoxy) is 1. The molecule has 0 aliphatic heterocycles. The summed E-state index contributed by atoms with van der Waals surface area (Å²) in [6.45, 7) is 0.222. The van der Waals surface area contributed by atoms with E-state index in [4.69, 9.17) is 9.84 Å². The molecule has 1 aliphatic rings. The molecule has 29 heavy (non-hydrogen) atoms. The molecule has 0 spiro atoms. The Labute approximate surface area is 194 Å². The number of aromatic carboxylic acids is 1. The maximum Gasteiger partial charge on any atom is 0.411 e. The molecular formula is C22H15I2NO4. The Balaban J connectivity index is 1.51. The molecule has 146 valence electrons. The van der Waals surface area contributed by atoms with Crippen LogP contribution in [0.25, 0.3) is 11.1 Å². The molecule has 0 atom stereocenters. The summed E-state index contributed by atoms with van der Waals surface area (Å²) in [6, 6.07) is 19.3. The van der Waals surface area contributed by atoms with Crippen LogP contribution in [0.3, 0.4) is 0 Å². The summed E-state index contributed by atoms with van der Waals surface area (Å²) in [4.78, 5) is 23.6. The van der Waals surface area contributed by atoms with Crippen LogP contribution in [-0.2, 0) is 4.74 Å². The zero-order chi connectivity index (χ0) is 20.5. The predicted molar refractivity (Wildman–Crippen MR) is 128 cm³/mol. The van der Waals surface area contributed by atoms with Gasteiger partial charge in [0.05, 0.1) is 11.3 Å². The predicted octanol–water partition coefficient (Wildman–Crippen LogP) is 5.96. The third-order valence-corrected chi connectivity index (χ3v) is 6.56. The second kappa shape index (κ2) is 8.31. The second-order valence-corrected chi connectivity index (χ2v) is 8.89. The first kappa shape index (κ1) is 20.1. The molecule has 0 saturated heterocycles. The number of hydrogen-bond acceptors (Lipinski definition) is 3. The van der Waals surface area contributed by atoms with Crippen LogP contribution >= 0.6 is 45.2 Å². The topological polar surface area (TPSA) is 75.6 Å². The summed E-state index contributed by atoms with van der Waals surface area (Å²) in [5.41, 5.74) is 5.37. The first-order valence-corrected chi connectivity index (χ1v) is 11.0. The minimum absolute atomic E-state index is 0.0133. The van der Waals surface area contributed by atoms with E-state index in [0.717, 1.165) is 11.1 Å². The van der Waals surface area contributed by atoms with E-state index in [-0.39, 0.29) is 18.1 Å². The average Bonchev–Trinajstić information content (AvgIpc) is 3.03. The van der Waals surface area contributed by atoms with E-state index in [0.29, 0.717) is 12.8 Å². The Kier molecular flexibility index (Phi) is 5.77. The lowest BCUT2D eigenvalue weighted by molar-refractivity contribution is 0.0696. The highest BCUT2D eigenvalue weighted by Crippen LogP contribution is 2.44. The van der Waals surface area contributed by atoms with Crippen molar-refractivity contribution in [2.45, 2.75) is 5.92 Å². The quantitative estimate of drug-likeness (QED) is 0.358. The standard InChI is InChI=1S/C22H15I2NO4/c23-18-9-12(21(26)27)10-19(24)20(18)25-22(28)29-11-17-15-7-3-1-5-13(15)14-6-2-4-8-16(14)17/h1-10,17H,11H2,(H,25,28)(H,26,27). The van der Waals surface area contributed by atoms with E-state index >= 15 is 0 Å². The van der Waals surface area contributed by atoms with Crippen molar-refractivity contribution in [1.29, 1.82) is 0 Å². The van der Waals surface area contributed by atoms with Crippen LogP contribution in [0.4, 0.5) is 10.5 Å². The summed E-state index contributed by atoms with van der Waals surface area (Å²) < 4.78 is 6.84. The lowest BCUT2D eigenvalue weighted by Gasteiger charge is -2.15. The second-order valence-electron chi connectivity index (χ2n) is 6.57. The number of halogens is 2. The van der Waals surface area contributed by atoms with Gasteiger partial charge in [0.25, 0.3) is 0 Å². The van der Waals surface area contributed by atoms with Gasteiger partial charge >= 0.3 is 12.1 Å². The number of carboxylic acids is 1. The van der Waals surface area contributed by atoms with Gasteiger partial charge in [-0.15, -0.1) is 0 Å². The van der Waals surface area contributed by atoms with Crippen molar-refractivity contribution >= 4 is 62.9 Å². The third kappa shape index (κ3) is 3.97.